The van der Waals surface area contributed by atoms with E-state index in [9.17, 15) is 0 Å². The van der Waals surface area contributed by atoms with Crippen molar-refractivity contribution in [2.75, 3.05) is 49.2 Å². The summed E-state index contributed by atoms with van der Waals surface area (Å²) < 4.78 is 8.52. The molecule has 5 nitrogen and oxygen atoms in total. The molecule has 1 fully saturated rings. The Morgan fingerprint density at radius 2 is 0.821 bits per heavy atom. The molecule has 0 spiro atoms. The fourth-order valence-electron chi connectivity index (χ4n) is 5.90. The molecule has 1 heterocycles. The van der Waals surface area contributed by atoms with E-state index in [2.05, 4.69) is 154 Å². The minimum Gasteiger partial charge on any atom is -0.399 e. The topological polar surface area (TPSA) is 33.8 Å². The Morgan fingerprint density at radius 3 is 1.21 bits per heavy atom. The van der Waals surface area contributed by atoms with E-state index >= 15 is 0 Å². The van der Waals surface area contributed by atoms with Gasteiger partial charge in [-0.2, -0.15) is 0 Å². The van der Waals surface area contributed by atoms with Gasteiger partial charge >= 0.3 is 0 Å². The predicted octanol–water partition coefficient (Wildman–Crippen LogP) is 6.52. The van der Waals surface area contributed by atoms with Gasteiger partial charge < -0.3 is 23.7 Å². The molecule has 0 saturated carbocycles. The van der Waals surface area contributed by atoms with Crippen LogP contribution in [0.1, 0.15) is 5.56 Å². The van der Waals surface area contributed by atoms with E-state index in [1.165, 1.54) is 23.0 Å². The highest BCUT2D eigenvalue weighted by atomic mass is 28.4. The van der Waals surface area contributed by atoms with E-state index < -0.39 is 25.0 Å². The van der Waals surface area contributed by atoms with E-state index in [4.69, 9.17) is 0 Å². The fraction of sp³-hybridized carbons (Fsp3) is 0.419. The van der Waals surface area contributed by atoms with Crippen LogP contribution in [0.4, 0.5) is 11.4 Å². The Bertz CT molecular complexity index is 984. The Hall–Kier alpha value is -2.21. The molecule has 210 valence electrons. The van der Waals surface area contributed by atoms with Gasteiger partial charge in [-0.3, -0.25) is 0 Å². The number of nitrogens with one attached hydrogen (secondary N) is 2. The number of hydrogen-bond donors (Lipinski definition) is 2. The summed E-state index contributed by atoms with van der Waals surface area (Å²) in [6, 6.07) is 33.9. The van der Waals surface area contributed by atoms with Crippen LogP contribution < -0.4 is 9.96 Å². The zero-order chi connectivity index (χ0) is 27.9. The van der Waals surface area contributed by atoms with Crippen LogP contribution in [0.25, 0.3) is 0 Å². The molecule has 0 atom stereocenters. The number of para-hydroxylation sites is 2. The van der Waals surface area contributed by atoms with Crippen molar-refractivity contribution in [3.05, 3.63) is 96.6 Å². The zero-order valence-electron chi connectivity index (χ0n) is 25.0. The third kappa shape index (κ3) is 8.39. The number of benzene rings is 3. The first-order valence-electron chi connectivity index (χ1n) is 14.5. The van der Waals surface area contributed by atoms with Crippen LogP contribution >= 0.6 is 0 Å². The van der Waals surface area contributed by atoms with Crippen LogP contribution in [0.15, 0.2) is 91.0 Å². The summed E-state index contributed by atoms with van der Waals surface area (Å²) in [4.78, 5) is 7.96. The molecule has 8 heteroatoms. The maximum atomic E-state index is 3.98. The van der Waals surface area contributed by atoms with Gasteiger partial charge in [0.05, 0.1) is 0 Å². The maximum Gasteiger partial charge on any atom is 0.226 e. The minimum atomic E-state index is -1.91. The highest BCUT2D eigenvalue weighted by Crippen LogP contribution is 2.23. The van der Waals surface area contributed by atoms with Crippen molar-refractivity contribution in [3.8, 4) is 0 Å². The fourth-order valence-corrected chi connectivity index (χ4v) is 13.5. The van der Waals surface area contributed by atoms with E-state index in [0.29, 0.717) is 0 Å². The zero-order valence-corrected chi connectivity index (χ0v) is 28.0. The monoisotopic (exact) mass is 575 g/mol. The normalized spacial score (nSPS) is 17.2. The lowest BCUT2D eigenvalue weighted by atomic mass is 10.2. The van der Waals surface area contributed by atoms with Gasteiger partial charge in [0, 0.05) is 50.6 Å². The SMILES string of the molecule is C[Si](C)(Cc1ccccc1)N1CCN([Si](C)(C)Nc2ccccc2)CCN([Si](C)(C)Nc2ccccc2)CC1. The van der Waals surface area contributed by atoms with Gasteiger partial charge in [-0.15, -0.1) is 0 Å². The summed E-state index contributed by atoms with van der Waals surface area (Å²) in [6.07, 6.45) is 0. The summed E-state index contributed by atoms with van der Waals surface area (Å²) in [5.74, 6) is 0. The largest absolute Gasteiger partial charge is 0.399 e. The number of anilines is 2. The molecule has 3 aromatic rings. The second-order valence-electron chi connectivity index (χ2n) is 12.5. The molecule has 3 aromatic carbocycles. The van der Waals surface area contributed by atoms with Crippen molar-refractivity contribution in [1.29, 1.82) is 0 Å². The number of hydrogen-bond acceptors (Lipinski definition) is 5. The molecule has 0 radical (unpaired) electrons. The highest BCUT2D eigenvalue weighted by Gasteiger charge is 2.38. The quantitative estimate of drug-likeness (QED) is 0.284. The van der Waals surface area contributed by atoms with Gasteiger partial charge in [-0.25, -0.2) is 0 Å². The molecule has 0 amide bonds. The summed E-state index contributed by atoms with van der Waals surface area (Å²) in [5.41, 5.74) is 3.95. The van der Waals surface area contributed by atoms with Gasteiger partial charge in [-0.05, 0) is 62.1 Å². The Balaban J connectivity index is 1.58. The van der Waals surface area contributed by atoms with Crippen LogP contribution in [0.3, 0.4) is 0 Å². The van der Waals surface area contributed by atoms with Crippen molar-refractivity contribution >= 4 is 36.4 Å². The summed E-state index contributed by atoms with van der Waals surface area (Å²) >= 11 is 0. The first-order chi connectivity index (χ1) is 18.6. The van der Waals surface area contributed by atoms with Crippen LogP contribution in [0.5, 0.6) is 0 Å². The molecule has 0 aliphatic carbocycles. The number of rotatable bonds is 9. The lowest BCUT2D eigenvalue weighted by molar-refractivity contribution is 0.364. The third-order valence-corrected chi connectivity index (χ3v) is 17.6. The van der Waals surface area contributed by atoms with Crippen molar-refractivity contribution < 1.29 is 0 Å². The van der Waals surface area contributed by atoms with Crippen LogP contribution in [0, 0.1) is 0 Å². The molecule has 2 N–H and O–H groups in total. The third-order valence-electron chi connectivity index (χ3n) is 8.28. The first kappa shape index (κ1) is 29.8. The van der Waals surface area contributed by atoms with Crippen molar-refractivity contribution in [1.82, 2.24) is 13.7 Å². The van der Waals surface area contributed by atoms with Gasteiger partial charge in [0.25, 0.3) is 0 Å². The van der Waals surface area contributed by atoms with Crippen LogP contribution in [-0.2, 0) is 6.04 Å². The van der Waals surface area contributed by atoms with E-state index in [1.807, 2.05) is 0 Å². The Labute approximate surface area is 240 Å². The van der Waals surface area contributed by atoms with Crippen LogP contribution in [0.2, 0.25) is 39.3 Å². The van der Waals surface area contributed by atoms with Crippen molar-refractivity contribution in [3.63, 3.8) is 0 Å². The maximum absolute atomic E-state index is 3.98. The molecule has 1 aliphatic heterocycles. The number of nitrogens with zero attached hydrogens (tertiary/aromatic N) is 3. The molecule has 0 aromatic heterocycles. The molecule has 0 bridgehead atoms. The second kappa shape index (κ2) is 13.0. The van der Waals surface area contributed by atoms with Crippen molar-refractivity contribution in [2.24, 2.45) is 0 Å². The van der Waals surface area contributed by atoms with Crippen molar-refractivity contribution in [2.45, 2.75) is 45.3 Å². The highest BCUT2D eigenvalue weighted by molar-refractivity contribution is 6.78. The van der Waals surface area contributed by atoms with E-state index in [1.54, 1.807) is 0 Å². The average Bonchev–Trinajstić information content (AvgIpc) is 3.01. The van der Waals surface area contributed by atoms with Gasteiger partial charge in [0.1, 0.15) is 8.24 Å². The predicted molar refractivity (Wildman–Crippen MR) is 177 cm³/mol. The second-order valence-corrected chi connectivity index (χ2v) is 25.1. The molecular formula is C31H49N5Si3. The van der Waals surface area contributed by atoms with E-state index in [0.717, 1.165) is 39.3 Å². The van der Waals surface area contributed by atoms with Gasteiger partial charge in [0.2, 0.25) is 16.8 Å². The molecule has 1 saturated heterocycles. The first-order valence-corrected chi connectivity index (χ1v) is 23.6. The van der Waals surface area contributed by atoms with Gasteiger partial charge in [-0.1, -0.05) is 79.8 Å². The molecular weight excluding hydrogens is 527 g/mol. The minimum absolute atomic E-state index is 1.10. The molecule has 0 unspecified atom stereocenters. The summed E-state index contributed by atoms with van der Waals surface area (Å²) in [7, 11) is -5.49. The molecule has 39 heavy (non-hydrogen) atoms. The lowest BCUT2D eigenvalue weighted by Crippen LogP contribution is -2.61. The molecule has 1 aliphatic rings. The Morgan fingerprint density at radius 1 is 0.487 bits per heavy atom. The summed E-state index contributed by atoms with van der Waals surface area (Å²) in [6.45, 7) is 21.8. The average molecular weight is 576 g/mol. The standard InChI is InChI=1S/C31H49N5Si3/c1-37(2,28-29-16-10-7-11-17-29)34-22-24-35(38(3,4)32-30-18-12-8-13-19-30)26-27-36(25-23-34)39(5,6)33-31-20-14-9-15-21-31/h7-21,32-33H,22-28H2,1-6H3. The summed E-state index contributed by atoms with van der Waals surface area (Å²) in [5, 5.41) is 0. The van der Waals surface area contributed by atoms with E-state index in [-0.39, 0.29) is 0 Å². The Kier molecular flexibility index (Phi) is 9.90. The molecule has 4 rings (SSSR count). The lowest BCUT2D eigenvalue weighted by Gasteiger charge is -2.41. The van der Waals surface area contributed by atoms with Gasteiger partial charge in [0.15, 0.2) is 0 Å². The smallest absolute Gasteiger partial charge is 0.226 e. The van der Waals surface area contributed by atoms with Crippen LogP contribution in [-0.4, -0.2) is 78.0 Å².